The molecule has 1 saturated carbocycles. The van der Waals surface area contributed by atoms with Crippen LogP contribution in [-0.4, -0.2) is 11.2 Å². The van der Waals surface area contributed by atoms with Gasteiger partial charge in [-0.3, -0.25) is 0 Å². The first kappa shape index (κ1) is 13.0. The van der Waals surface area contributed by atoms with Crippen molar-refractivity contribution < 1.29 is 5.11 Å². The molecular weight excluding hydrogens is 184 g/mol. The standard InChI is InChI=1S/C14H28O/c1-4-11(2)7-10-14(15)13-8-5-12(3)6-9-13/h11-15H,4-10H2,1-3H3. The van der Waals surface area contributed by atoms with Gasteiger partial charge in [-0.25, -0.2) is 0 Å². The molecule has 1 rings (SSSR count). The van der Waals surface area contributed by atoms with Crippen molar-refractivity contribution in [1.29, 1.82) is 0 Å². The lowest BCUT2D eigenvalue weighted by atomic mass is 9.79. The molecule has 1 heteroatoms. The molecular formula is C14H28O. The first-order valence-electron chi connectivity index (χ1n) is 6.81. The van der Waals surface area contributed by atoms with Crippen LogP contribution in [0, 0.1) is 17.8 Å². The number of hydrogen-bond acceptors (Lipinski definition) is 1. The van der Waals surface area contributed by atoms with Gasteiger partial charge in [0.1, 0.15) is 0 Å². The van der Waals surface area contributed by atoms with Crippen LogP contribution in [0.1, 0.15) is 65.7 Å². The van der Waals surface area contributed by atoms with Crippen molar-refractivity contribution in [2.75, 3.05) is 0 Å². The molecule has 1 aliphatic carbocycles. The van der Waals surface area contributed by atoms with Crippen LogP contribution in [-0.2, 0) is 0 Å². The van der Waals surface area contributed by atoms with E-state index in [2.05, 4.69) is 20.8 Å². The summed E-state index contributed by atoms with van der Waals surface area (Å²) in [5, 5.41) is 10.1. The molecule has 90 valence electrons. The van der Waals surface area contributed by atoms with Crippen molar-refractivity contribution in [1.82, 2.24) is 0 Å². The Morgan fingerprint density at radius 3 is 2.27 bits per heavy atom. The highest BCUT2D eigenvalue weighted by Crippen LogP contribution is 2.32. The lowest BCUT2D eigenvalue weighted by Crippen LogP contribution is -2.25. The van der Waals surface area contributed by atoms with Crippen LogP contribution in [0.3, 0.4) is 0 Å². The topological polar surface area (TPSA) is 20.2 Å². The number of aliphatic hydroxyl groups is 1. The summed E-state index contributed by atoms with van der Waals surface area (Å²) in [6.45, 7) is 6.86. The molecule has 1 aliphatic rings. The Balaban J connectivity index is 2.19. The Morgan fingerprint density at radius 2 is 1.73 bits per heavy atom. The van der Waals surface area contributed by atoms with Crippen LogP contribution in [0.4, 0.5) is 0 Å². The first-order valence-corrected chi connectivity index (χ1v) is 6.81. The zero-order valence-electron chi connectivity index (χ0n) is 10.7. The minimum atomic E-state index is -0.0218. The minimum absolute atomic E-state index is 0.0218. The van der Waals surface area contributed by atoms with Gasteiger partial charge in [0, 0.05) is 0 Å². The number of aliphatic hydroxyl groups excluding tert-OH is 1. The van der Waals surface area contributed by atoms with Crippen LogP contribution >= 0.6 is 0 Å². The van der Waals surface area contributed by atoms with Gasteiger partial charge in [-0.2, -0.15) is 0 Å². The predicted octanol–water partition coefficient (Wildman–Crippen LogP) is 4.00. The molecule has 0 spiro atoms. The molecule has 2 unspecified atom stereocenters. The molecule has 1 fully saturated rings. The molecule has 0 amide bonds. The van der Waals surface area contributed by atoms with E-state index in [9.17, 15) is 5.11 Å². The third-order valence-corrected chi connectivity index (χ3v) is 4.26. The van der Waals surface area contributed by atoms with Crippen LogP contribution < -0.4 is 0 Å². The molecule has 0 radical (unpaired) electrons. The zero-order chi connectivity index (χ0) is 11.3. The van der Waals surface area contributed by atoms with Crippen molar-refractivity contribution in [2.24, 2.45) is 17.8 Å². The average Bonchev–Trinajstić information content (AvgIpc) is 2.26. The summed E-state index contributed by atoms with van der Waals surface area (Å²) in [6.07, 6.45) is 8.60. The fraction of sp³-hybridized carbons (Fsp3) is 1.00. The van der Waals surface area contributed by atoms with E-state index in [4.69, 9.17) is 0 Å². The molecule has 0 bridgehead atoms. The van der Waals surface area contributed by atoms with E-state index >= 15 is 0 Å². The van der Waals surface area contributed by atoms with E-state index in [1.165, 1.54) is 38.5 Å². The van der Waals surface area contributed by atoms with E-state index < -0.39 is 0 Å². The summed E-state index contributed by atoms with van der Waals surface area (Å²) < 4.78 is 0. The van der Waals surface area contributed by atoms with Crippen LogP contribution in [0.15, 0.2) is 0 Å². The van der Waals surface area contributed by atoms with Crippen molar-refractivity contribution in [3.8, 4) is 0 Å². The summed E-state index contributed by atoms with van der Waals surface area (Å²) in [6, 6.07) is 0. The summed E-state index contributed by atoms with van der Waals surface area (Å²) in [4.78, 5) is 0. The second kappa shape index (κ2) is 6.52. The molecule has 0 saturated heterocycles. The molecule has 0 aromatic carbocycles. The second-order valence-electron chi connectivity index (χ2n) is 5.68. The fourth-order valence-electron chi connectivity index (χ4n) is 2.57. The highest BCUT2D eigenvalue weighted by molar-refractivity contribution is 4.76. The third kappa shape index (κ3) is 4.55. The van der Waals surface area contributed by atoms with E-state index in [-0.39, 0.29) is 6.10 Å². The Morgan fingerprint density at radius 1 is 1.13 bits per heavy atom. The Labute approximate surface area is 95.3 Å². The normalized spacial score (nSPS) is 31.2. The van der Waals surface area contributed by atoms with Crippen LogP contribution in [0.5, 0.6) is 0 Å². The summed E-state index contributed by atoms with van der Waals surface area (Å²) in [5.74, 6) is 2.27. The predicted molar refractivity (Wildman–Crippen MR) is 65.8 cm³/mol. The maximum Gasteiger partial charge on any atom is 0.0568 e. The molecule has 2 atom stereocenters. The van der Waals surface area contributed by atoms with Gasteiger partial charge in [0.15, 0.2) is 0 Å². The fourth-order valence-corrected chi connectivity index (χ4v) is 2.57. The molecule has 1 N–H and O–H groups in total. The molecule has 0 aromatic heterocycles. The summed E-state index contributed by atoms with van der Waals surface area (Å²) in [7, 11) is 0. The summed E-state index contributed by atoms with van der Waals surface area (Å²) in [5.41, 5.74) is 0. The molecule has 15 heavy (non-hydrogen) atoms. The monoisotopic (exact) mass is 212 g/mol. The number of hydrogen-bond donors (Lipinski definition) is 1. The molecule has 0 heterocycles. The van der Waals surface area contributed by atoms with E-state index in [0.29, 0.717) is 5.92 Å². The van der Waals surface area contributed by atoms with Gasteiger partial charge < -0.3 is 5.11 Å². The molecule has 0 aromatic rings. The van der Waals surface area contributed by atoms with Crippen molar-refractivity contribution in [2.45, 2.75) is 71.8 Å². The van der Waals surface area contributed by atoms with Crippen molar-refractivity contribution in [3.05, 3.63) is 0 Å². The van der Waals surface area contributed by atoms with Gasteiger partial charge in [-0.1, -0.05) is 40.0 Å². The largest absolute Gasteiger partial charge is 0.393 e. The lowest BCUT2D eigenvalue weighted by Gasteiger charge is -2.30. The van der Waals surface area contributed by atoms with Crippen LogP contribution in [0.25, 0.3) is 0 Å². The van der Waals surface area contributed by atoms with Gasteiger partial charge in [0.2, 0.25) is 0 Å². The maximum atomic E-state index is 10.1. The van der Waals surface area contributed by atoms with Gasteiger partial charge in [-0.05, 0) is 43.4 Å². The first-order chi connectivity index (χ1) is 7.13. The SMILES string of the molecule is CCC(C)CCC(O)C1CCC(C)CC1. The molecule has 1 nitrogen and oxygen atoms in total. The van der Waals surface area contributed by atoms with Gasteiger partial charge >= 0.3 is 0 Å². The Kier molecular flexibility index (Phi) is 5.66. The smallest absolute Gasteiger partial charge is 0.0568 e. The van der Waals surface area contributed by atoms with Crippen molar-refractivity contribution in [3.63, 3.8) is 0 Å². The Bertz CT molecular complexity index is 159. The zero-order valence-corrected chi connectivity index (χ0v) is 10.7. The van der Waals surface area contributed by atoms with Crippen LogP contribution in [0.2, 0.25) is 0 Å². The van der Waals surface area contributed by atoms with Gasteiger partial charge in [0.25, 0.3) is 0 Å². The van der Waals surface area contributed by atoms with E-state index in [1.54, 1.807) is 0 Å². The average molecular weight is 212 g/mol. The summed E-state index contributed by atoms with van der Waals surface area (Å²) >= 11 is 0. The number of rotatable bonds is 5. The van der Waals surface area contributed by atoms with Crippen molar-refractivity contribution >= 4 is 0 Å². The highest BCUT2D eigenvalue weighted by atomic mass is 16.3. The third-order valence-electron chi connectivity index (χ3n) is 4.26. The Hall–Kier alpha value is -0.0400. The quantitative estimate of drug-likeness (QED) is 0.730. The highest BCUT2D eigenvalue weighted by Gasteiger charge is 2.24. The minimum Gasteiger partial charge on any atom is -0.393 e. The lowest BCUT2D eigenvalue weighted by molar-refractivity contribution is 0.0636. The second-order valence-corrected chi connectivity index (χ2v) is 5.68. The maximum absolute atomic E-state index is 10.1. The van der Waals surface area contributed by atoms with Gasteiger partial charge in [0.05, 0.1) is 6.10 Å². The molecule has 0 aliphatic heterocycles. The van der Waals surface area contributed by atoms with Gasteiger partial charge in [-0.15, -0.1) is 0 Å². The van der Waals surface area contributed by atoms with E-state index in [0.717, 1.165) is 18.3 Å². The van der Waals surface area contributed by atoms with E-state index in [1.807, 2.05) is 0 Å².